The van der Waals surface area contributed by atoms with Gasteiger partial charge in [-0.25, -0.2) is 15.0 Å². The van der Waals surface area contributed by atoms with Crippen LogP contribution < -0.4 is 4.90 Å². The van der Waals surface area contributed by atoms with Crippen LogP contribution in [0.15, 0.2) is 30.3 Å². The van der Waals surface area contributed by atoms with E-state index in [9.17, 15) is 4.79 Å². The first-order valence-electron chi connectivity index (χ1n) is 11.4. The van der Waals surface area contributed by atoms with E-state index >= 15 is 0 Å². The number of anilines is 1. The molecule has 7 nitrogen and oxygen atoms in total. The van der Waals surface area contributed by atoms with Crippen molar-refractivity contribution in [3.05, 3.63) is 47.5 Å². The molecule has 7 heteroatoms. The second kappa shape index (κ2) is 8.29. The second-order valence-electron chi connectivity index (χ2n) is 8.85. The molecule has 0 saturated carbocycles. The van der Waals surface area contributed by atoms with Gasteiger partial charge in [0.2, 0.25) is 5.95 Å². The van der Waals surface area contributed by atoms with E-state index in [1.807, 2.05) is 30.0 Å². The van der Waals surface area contributed by atoms with E-state index in [4.69, 9.17) is 4.98 Å². The highest BCUT2D eigenvalue weighted by atomic mass is 16.2. The van der Waals surface area contributed by atoms with E-state index in [0.29, 0.717) is 18.2 Å². The number of hydrogen-bond acceptors (Lipinski definition) is 5. The fourth-order valence-corrected chi connectivity index (χ4v) is 4.96. The number of para-hydroxylation sites is 2. The van der Waals surface area contributed by atoms with Crippen LogP contribution in [0.5, 0.6) is 0 Å². The lowest BCUT2D eigenvalue weighted by molar-refractivity contribution is 0.0697. The molecule has 162 valence electrons. The Morgan fingerprint density at radius 3 is 2.61 bits per heavy atom. The van der Waals surface area contributed by atoms with Crippen LogP contribution in [-0.2, 0) is 7.05 Å². The van der Waals surface area contributed by atoms with E-state index < -0.39 is 0 Å². The number of likely N-dealkylation sites (tertiary alicyclic amines) is 1. The third kappa shape index (κ3) is 3.89. The Morgan fingerprint density at radius 2 is 1.81 bits per heavy atom. The molecule has 3 aromatic rings. The minimum absolute atomic E-state index is 0.00669. The molecule has 1 amide bonds. The van der Waals surface area contributed by atoms with Gasteiger partial charge < -0.3 is 14.4 Å². The summed E-state index contributed by atoms with van der Waals surface area (Å²) in [7, 11) is 2.07. The van der Waals surface area contributed by atoms with E-state index in [1.54, 1.807) is 0 Å². The Hall–Kier alpha value is -2.96. The number of piperidine rings is 2. The lowest BCUT2D eigenvalue weighted by Gasteiger charge is -2.32. The first kappa shape index (κ1) is 20.0. The average molecular weight is 419 g/mol. The normalized spacial score (nSPS) is 19.7. The lowest BCUT2D eigenvalue weighted by Crippen LogP contribution is -2.40. The summed E-state index contributed by atoms with van der Waals surface area (Å²) in [6, 6.07) is 10.0. The van der Waals surface area contributed by atoms with Gasteiger partial charge in [-0.15, -0.1) is 0 Å². The second-order valence-corrected chi connectivity index (χ2v) is 8.85. The van der Waals surface area contributed by atoms with Crippen molar-refractivity contribution in [2.45, 2.75) is 44.9 Å². The molecule has 0 bridgehead atoms. The molecule has 0 radical (unpaired) electrons. The molecular formula is C24H30N6O. The number of rotatable bonds is 3. The standard InChI is InChI=1S/C24H30N6O/c1-17-15-20(27-24(25-17)29-12-6-3-7-13-29)23(31)30-14-8-9-18(16-30)22-26-19-10-4-5-11-21(19)28(22)2/h4-5,10-11,15,18H,3,6-9,12-14,16H2,1-2H3. The summed E-state index contributed by atoms with van der Waals surface area (Å²) in [4.78, 5) is 31.8. The quantitative estimate of drug-likeness (QED) is 0.649. The van der Waals surface area contributed by atoms with Crippen molar-refractivity contribution in [1.82, 2.24) is 24.4 Å². The Labute approximate surface area is 183 Å². The predicted octanol–water partition coefficient (Wildman–Crippen LogP) is 3.68. The molecule has 4 heterocycles. The van der Waals surface area contributed by atoms with Crippen molar-refractivity contribution in [3.63, 3.8) is 0 Å². The molecule has 0 aliphatic carbocycles. The van der Waals surface area contributed by atoms with Crippen molar-refractivity contribution < 1.29 is 4.79 Å². The van der Waals surface area contributed by atoms with E-state index in [0.717, 1.165) is 67.9 Å². The first-order valence-corrected chi connectivity index (χ1v) is 11.4. The number of hydrogen-bond donors (Lipinski definition) is 0. The highest BCUT2D eigenvalue weighted by Gasteiger charge is 2.29. The summed E-state index contributed by atoms with van der Waals surface area (Å²) < 4.78 is 2.18. The summed E-state index contributed by atoms with van der Waals surface area (Å²) in [6.45, 7) is 5.33. The molecule has 1 atom stereocenters. The van der Waals surface area contributed by atoms with Crippen molar-refractivity contribution in [1.29, 1.82) is 0 Å². The Bertz CT molecular complexity index is 1100. The fourth-order valence-electron chi connectivity index (χ4n) is 4.96. The zero-order valence-electron chi connectivity index (χ0n) is 18.4. The highest BCUT2D eigenvalue weighted by molar-refractivity contribution is 5.92. The number of nitrogens with zero attached hydrogens (tertiary/aromatic N) is 6. The minimum Gasteiger partial charge on any atom is -0.341 e. The molecule has 0 spiro atoms. The Balaban J connectivity index is 1.38. The summed E-state index contributed by atoms with van der Waals surface area (Å²) in [5.74, 6) is 2.00. The van der Waals surface area contributed by atoms with Crippen LogP contribution in [0, 0.1) is 6.92 Å². The van der Waals surface area contributed by atoms with Gasteiger partial charge in [-0.2, -0.15) is 0 Å². The van der Waals surface area contributed by atoms with Gasteiger partial charge in [0.25, 0.3) is 5.91 Å². The highest BCUT2D eigenvalue weighted by Crippen LogP contribution is 2.29. The maximum absolute atomic E-state index is 13.4. The molecule has 1 aromatic carbocycles. The van der Waals surface area contributed by atoms with Gasteiger partial charge >= 0.3 is 0 Å². The molecule has 2 aliphatic heterocycles. The number of aryl methyl sites for hydroxylation is 2. The van der Waals surface area contributed by atoms with Crippen molar-refractivity contribution in [2.24, 2.45) is 7.05 Å². The van der Waals surface area contributed by atoms with Gasteiger partial charge in [0.1, 0.15) is 11.5 Å². The van der Waals surface area contributed by atoms with E-state index in [1.165, 1.54) is 6.42 Å². The monoisotopic (exact) mass is 418 g/mol. The van der Waals surface area contributed by atoms with Gasteiger partial charge in [0.15, 0.2) is 0 Å². The van der Waals surface area contributed by atoms with Gasteiger partial charge in [0.05, 0.1) is 11.0 Å². The van der Waals surface area contributed by atoms with E-state index in [-0.39, 0.29) is 11.8 Å². The Morgan fingerprint density at radius 1 is 1.00 bits per heavy atom. The first-order chi connectivity index (χ1) is 15.1. The van der Waals surface area contributed by atoms with Gasteiger partial charge in [0, 0.05) is 44.8 Å². The molecule has 5 rings (SSSR count). The minimum atomic E-state index is 0.00669. The zero-order chi connectivity index (χ0) is 21.4. The molecule has 2 saturated heterocycles. The smallest absolute Gasteiger partial charge is 0.272 e. The van der Waals surface area contributed by atoms with Crippen LogP contribution >= 0.6 is 0 Å². The molecule has 1 unspecified atom stereocenters. The summed E-state index contributed by atoms with van der Waals surface area (Å²) in [6.07, 6.45) is 5.59. The molecule has 2 aliphatic rings. The van der Waals surface area contributed by atoms with Crippen molar-refractivity contribution in [3.8, 4) is 0 Å². The summed E-state index contributed by atoms with van der Waals surface area (Å²) >= 11 is 0. The number of carbonyl (C=O) groups is 1. The number of aromatic nitrogens is 4. The molecule has 31 heavy (non-hydrogen) atoms. The number of carbonyl (C=O) groups excluding carboxylic acids is 1. The summed E-state index contributed by atoms with van der Waals surface area (Å²) in [5.41, 5.74) is 3.51. The topological polar surface area (TPSA) is 67.2 Å². The fraction of sp³-hybridized carbons (Fsp3) is 0.500. The molecular weight excluding hydrogens is 388 g/mol. The zero-order valence-corrected chi connectivity index (χ0v) is 18.4. The van der Waals surface area contributed by atoms with Crippen LogP contribution in [0.1, 0.15) is 60.0 Å². The largest absolute Gasteiger partial charge is 0.341 e. The van der Waals surface area contributed by atoms with Crippen LogP contribution in [-0.4, -0.2) is 56.5 Å². The number of imidazole rings is 1. The third-order valence-corrected chi connectivity index (χ3v) is 6.60. The molecule has 0 N–H and O–H groups in total. The van der Waals surface area contributed by atoms with Gasteiger partial charge in [-0.3, -0.25) is 4.79 Å². The van der Waals surface area contributed by atoms with Crippen LogP contribution in [0.4, 0.5) is 5.95 Å². The van der Waals surface area contributed by atoms with Crippen LogP contribution in [0.3, 0.4) is 0 Å². The van der Waals surface area contributed by atoms with Gasteiger partial charge in [-0.1, -0.05) is 12.1 Å². The SMILES string of the molecule is Cc1cc(C(=O)N2CCCC(c3nc4ccccc4n3C)C2)nc(N2CCCCC2)n1. The number of amides is 1. The van der Waals surface area contributed by atoms with E-state index in [2.05, 4.69) is 38.6 Å². The molecule has 2 fully saturated rings. The third-order valence-electron chi connectivity index (χ3n) is 6.60. The van der Waals surface area contributed by atoms with Crippen molar-refractivity contribution >= 4 is 22.9 Å². The average Bonchev–Trinajstić information content (AvgIpc) is 3.15. The van der Waals surface area contributed by atoms with Gasteiger partial charge in [-0.05, 0) is 57.2 Å². The molecule has 2 aromatic heterocycles. The summed E-state index contributed by atoms with van der Waals surface area (Å²) in [5, 5.41) is 0. The Kier molecular flexibility index (Phi) is 5.34. The van der Waals surface area contributed by atoms with Crippen LogP contribution in [0.2, 0.25) is 0 Å². The maximum Gasteiger partial charge on any atom is 0.272 e. The number of benzene rings is 1. The lowest BCUT2D eigenvalue weighted by atomic mass is 9.97. The number of fused-ring (bicyclic) bond motifs is 1. The predicted molar refractivity (Wildman–Crippen MR) is 121 cm³/mol. The van der Waals surface area contributed by atoms with Crippen molar-refractivity contribution in [2.75, 3.05) is 31.1 Å². The maximum atomic E-state index is 13.4. The van der Waals surface area contributed by atoms with Crippen LogP contribution in [0.25, 0.3) is 11.0 Å².